The minimum atomic E-state index is -0.428. The number of hydrogen-bond donors (Lipinski definition) is 1. The molecule has 0 aromatic heterocycles. The van der Waals surface area contributed by atoms with Gasteiger partial charge in [-0.05, 0) is 20.8 Å². The molecule has 0 spiro atoms. The summed E-state index contributed by atoms with van der Waals surface area (Å²) in [5, 5.41) is 3.18. The van der Waals surface area contributed by atoms with Crippen molar-refractivity contribution >= 4 is 5.97 Å². The van der Waals surface area contributed by atoms with E-state index in [2.05, 4.69) is 5.32 Å². The Hall–Kier alpha value is -0.610. The maximum atomic E-state index is 11.4. The molecule has 1 aliphatic heterocycles. The normalized spacial score (nSPS) is 23.2. The summed E-state index contributed by atoms with van der Waals surface area (Å²) >= 11 is 0. The van der Waals surface area contributed by atoms with Crippen molar-refractivity contribution in [2.75, 3.05) is 26.3 Å². The highest BCUT2D eigenvalue weighted by atomic mass is 16.6. The van der Waals surface area contributed by atoms with Crippen LogP contribution in [0.3, 0.4) is 0 Å². The molecule has 0 saturated carbocycles. The molecule has 4 heteroatoms. The van der Waals surface area contributed by atoms with Crippen LogP contribution in [0.25, 0.3) is 0 Å². The van der Waals surface area contributed by atoms with Crippen LogP contribution in [0.2, 0.25) is 0 Å². The molecule has 1 fully saturated rings. The van der Waals surface area contributed by atoms with Gasteiger partial charge in [0.25, 0.3) is 0 Å². The fourth-order valence-electron chi connectivity index (χ4n) is 1.11. The van der Waals surface area contributed by atoms with Crippen LogP contribution in [0.4, 0.5) is 0 Å². The van der Waals surface area contributed by atoms with E-state index in [1.807, 2.05) is 20.8 Å². The third kappa shape index (κ3) is 3.64. The van der Waals surface area contributed by atoms with Crippen LogP contribution in [0, 0.1) is 5.41 Å². The molecule has 82 valence electrons. The summed E-state index contributed by atoms with van der Waals surface area (Å²) in [6.07, 6.45) is 0.00931. The average Bonchev–Trinajstić information content (AvgIpc) is 2.14. The Kier molecular flexibility index (Phi) is 3.89. The van der Waals surface area contributed by atoms with Gasteiger partial charge in [-0.2, -0.15) is 0 Å². The van der Waals surface area contributed by atoms with Crippen molar-refractivity contribution in [3.05, 3.63) is 0 Å². The van der Waals surface area contributed by atoms with Crippen molar-refractivity contribution in [1.29, 1.82) is 0 Å². The van der Waals surface area contributed by atoms with Gasteiger partial charge in [0.1, 0.15) is 12.7 Å². The molecule has 1 aliphatic rings. The molecule has 1 N–H and O–H groups in total. The summed E-state index contributed by atoms with van der Waals surface area (Å²) in [7, 11) is 0. The molecule has 0 aromatic rings. The molecule has 0 aliphatic carbocycles. The first-order valence-electron chi connectivity index (χ1n) is 4.99. The highest BCUT2D eigenvalue weighted by Crippen LogP contribution is 2.15. The maximum absolute atomic E-state index is 11.4. The zero-order valence-corrected chi connectivity index (χ0v) is 9.13. The second-order valence-corrected chi connectivity index (χ2v) is 4.55. The fraction of sp³-hybridized carbons (Fsp3) is 0.900. The topological polar surface area (TPSA) is 47.6 Å². The van der Waals surface area contributed by atoms with E-state index in [9.17, 15) is 4.79 Å². The molecule has 1 rings (SSSR count). The maximum Gasteiger partial charge on any atom is 0.311 e. The molecule has 0 radical (unpaired) electrons. The highest BCUT2D eigenvalue weighted by Gasteiger charge is 2.24. The van der Waals surface area contributed by atoms with Crippen molar-refractivity contribution < 1.29 is 14.3 Å². The summed E-state index contributed by atoms with van der Waals surface area (Å²) in [5.74, 6) is -0.174. The second-order valence-electron chi connectivity index (χ2n) is 4.55. The van der Waals surface area contributed by atoms with Crippen LogP contribution in [0.5, 0.6) is 0 Å². The minimum Gasteiger partial charge on any atom is -0.462 e. The minimum absolute atomic E-state index is 0.00931. The van der Waals surface area contributed by atoms with E-state index < -0.39 is 5.41 Å². The molecule has 1 heterocycles. The third-order valence-electron chi connectivity index (χ3n) is 2.02. The van der Waals surface area contributed by atoms with Gasteiger partial charge < -0.3 is 14.8 Å². The lowest BCUT2D eigenvalue weighted by Gasteiger charge is -2.25. The number of esters is 1. The Labute approximate surface area is 85.0 Å². The predicted octanol–water partition coefficient (Wildman–Crippen LogP) is 0.564. The molecule has 0 bridgehead atoms. The second kappa shape index (κ2) is 4.75. The molecule has 1 atom stereocenters. The molecule has 1 unspecified atom stereocenters. The van der Waals surface area contributed by atoms with Crippen molar-refractivity contribution in [1.82, 2.24) is 5.32 Å². The Bertz CT molecular complexity index is 192. The molecular formula is C10H19NO3. The van der Waals surface area contributed by atoms with E-state index in [1.165, 1.54) is 0 Å². The zero-order chi connectivity index (χ0) is 10.6. The molecule has 1 saturated heterocycles. The number of carbonyl (C=O) groups is 1. The van der Waals surface area contributed by atoms with Gasteiger partial charge in [-0.1, -0.05) is 0 Å². The van der Waals surface area contributed by atoms with E-state index in [1.54, 1.807) is 0 Å². The summed E-state index contributed by atoms with van der Waals surface area (Å²) in [4.78, 5) is 11.4. The van der Waals surface area contributed by atoms with Gasteiger partial charge in [-0.25, -0.2) is 0 Å². The first-order valence-corrected chi connectivity index (χ1v) is 4.99. The van der Waals surface area contributed by atoms with E-state index in [-0.39, 0.29) is 12.1 Å². The number of ether oxygens (including phenoxy) is 2. The van der Waals surface area contributed by atoms with Crippen molar-refractivity contribution in [3.63, 3.8) is 0 Å². The van der Waals surface area contributed by atoms with Gasteiger partial charge in [0.2, 0.25) is 0 Å². The van der Waals surface area contributed by atoms with Crippen molar-refractivity contribution in [2.24, 2.45) is 5.41 Å². The lowest BCUT2D eigenvalue weighted by atomic mass is 9.97. The summed E-state index contributed by atoms with van der Waals surface area (Å²) in [6.45, 7) is 8.21. The van der Waals surface area contributed by atoms with Gasteiger partial charge >= 0.3 is 5.97 Å². The van der Waals surface area contributed by atoms with Gasteiger partial charge in [0.05, 0.1) is 12.0 Å². The van der Waals surface area contributed by atoms with Crippen LogP contribution in [-0.2, 0) is 14.3 Å². The van der Waals surface area contributed by atoms with Crippen LogP contribution < -0.4 is 5.32 Å². The van der Waals surface area contributed by atoms with E-state index in [4.69, 9.17) is 9.47 Å². The lowest BCUT2D eigenvalue weighted by Crippen LogP contribution is -2.42. The lowest BCUT2D eigenvalue weighted by molar-refractivity contribution is -0.157. The first kappa shape index (κ1) is 11.5. The average molecular weight is 201 g/mol. The Morgan fingerprint density at radius 3 is 2.79 bits per heavy atom. The molecular weight excluding hydrogens is 182 g/mol. The first-order chi connectivity index (χ1) is 6.50. The highest BCUT2D eigenvalue weighted by molar-refractivity contribution is 5.75. The Morgan fingerprint density at radius 1 is 1.57 bits per heavy atom. The molecule has 0 amide bonds. The van der Waals surface area contributed by atoms with Crippen molar-refractivity contribution in [2.45, 2.75) is 26.9 Å². The smallest absolute Gasteiger partial charge is 0.311 e. The number of morpholine rings is 1. The van der Waals surface area contributed by atoms with Crippen LogP contribution >= 0.6 is 0 Å². The number of carbonyl (C=O) groups excluding carboxylic acids is 1. The van der Waals surface area contributed by atoms with E-state index in [0.717, 1.165) is 13.1 Å². The predicted molar refractivity (Wildman–Crippen MR) is 53.0 cm³/mol. The summed E-state index contributed by atoms with van der Waals surface area (Å²) < 4.78 is 10.5. The summed E-state index contributed by atoms with van der Waals surface area (Å²) in [5.41, 5.74) is -0.428. The zero-order valence-electron chi connectivity index (χ0n) is 9.13. The summed E-state index contributed by atoms with van der Waals surface area (Å²) in [6, 6.07) is 0. The SMILES string of the molecule is CC(C)(C)C(=O)OCC1CNCCO1. The number of rotatable bonds is 2. The van der Waals surface area contributed by atoms with Crippen LogP contribution in [0.1, 0.15) is 20.8 Å². The Balaban J connectivity index is 2.22. The number of nitrogens with one attached hydrogen (secondary N) is 1. The largest absolute Gasteiger partial charge is 0.462 e. The van der Waals surface area contributed by atoms with Gasteiger partial charge in [-0.3, -0.25) is 4.79 Å². The van der Waals surface area contributed by atoms with E-state index >= 15 is 0 Å². The number of hydrogen-bond acceptors (Lipinski definition) is 4. The van der Waals surface area contributed by atoms with Crippen molar-refractivity contribution in [3.8, 4) is 0 Å². The quantitative estimate of drug-likeness (QED) is 0.663. The monoisotopic (exact) mass is 201 g/mol. The standard InChI is InChI=1S/C10H19NO3/c1-10(2,3)9(12)14-7-8-6-11-4-5-13-8/h8,11H,4-7H2,1-3H3. The van der Waals surface area contributed by atoms with Gasteiger partial charge in [-0.15, -0.1) is 0 Å². The van der Waals surface area contributed by atoms with Gasteiger partial charge in [0, 0.05) is 13.1 Å². The third-order valence-corrected chi connectivity index (χ3v) is 2.02. The van der Waals surface area contributed by atoms with Gasteiger partial charge in [0.15, 0.2) is 0 Å². The molecule has 0 aromatic carbocycles. The molecule has 4 nitrogen and oxygen atoms in total. The Morgan fingerprint density at radius 2 is 2.29 bits per heavy atom. The molecule has 14 heavy (non-hydrogen) atoms. The fourth-order valence-corrected chi connectivity index (χ4v) is 1.11. The van der Waals surface area contributed by atoms with Crippen LogP contribution in [0.15, 0.2) is 0 Å². The van der Waals surface area contributed by atoms with Crippen LogP contribution in [-0.4, -0.2) is 38.4 Å². The van der Waals surface area contributed by atoms with E-state index in [0.29, 0.717) is 13.2 Å².